The highest BCUT2D eigenvalue weighted by molar-refractivity contribution is 7.89. The molecule has 0 aromatic carbocycles. The van der Waals surface area contributed by atoms with Gasteiger partial charge in [-0.25, -0.2) is 18.0 Å². The summed E-state index contributed by atoms with van der Waals surface area (Å²) in [5, 5.41) is 0.585. The number of hydrogen-bond donors (Lipinski definition) is 0. The predicted molar refractivity (Wildman–Crippen MR) is 109 cm³/mol. The van der Waals surface area contributed by atoms with Gasteiger partial charge in [-0.1, -0.05) is 0 Å². The molecule has 0 amide bonds. The summed E-state index contributed by atoms with van der Waals surface area (Å²) in [6.45, 7) is 11.9. The molecule has 1 saturated heterocycles. The zero-order chi connectivity index (χ0) is 23.2. The first-order valence-electron chi connectivity index (χ1n) is 9.83. The van der Waals surface area contributed by atoms with Gasteiger partial charge in [0.1, 0.15) is 11.2 Å². The molecule has 0 atom stereocenters. The summed E-state index contributed by atoms with van der Waals surface area (Å²) < 4.78 is 36.5. The van der Waals surface area contributed by atoms with Crippen LogP contribution in [-0.4, -0.2) is 91.9 Å². The Morgan fingerprint density at radius 1 is 0.867 bits per heavy atom. The fraction of sp³-hybridized carbons (Fsp3) is 0.889. The average molecular weight is 454 g/mol. The van der Waals surface area contributed by atoms with Gasteiger partial charge in [0.05, 0.1) is 12.3 Å². The van der Waals surface area contributed by atoms with Crippen molar-refractivity contribution in [2.45, 2.75) is 59.2 Å². The molecular formula is C18H35N3O8S. The van der Waals surface area contributed by atoms with Crippen molar-refractivity contribution in [1.82, 2.24) is 14.4 Å². The zero-order valence-electron chi connectivity index (χ0n) is 19.0. The van der Waals surface area contributed by atoms with Crippen molar-refractivity contribution < 1.29 is 37.2 Å². The Bertz CT molecular complexity index is 647. The van der Waals surface area contributed by atoms with Crippen molar-refractivity contribution in [1.29, 1.82) is 0 Å². The van der Waals surface area contributed by atoms with Crippen LogP contribution in [0.2, 0.25) is 0 Å². The van der Waals surface area contributed by atoms with Crippen LogP contribution in [0.5, 0.6) is 0 Å². The third-order valence-electron chi connectivity index (χ3n) is 3.73. The quantitative estimate of drug-likeness (QED) is 0.418. The van der Waals surface area contributed by atoms with E-state index in [2.05, 4.69) is 4.90 Å². The minimum Gasteiger partial charge on any atom is -0.427 e. The Balaban J connectivity index is 2.67. The predicted octanol–water partition coefficient (Wildman–Crippen LogP) is 1.99. The van der Waals surface area contributed by atoms with E-state index >= 15 is 0 Å². The number of likely N-dealkylation sites (N-methyl/N-ethyl adjacent to an activating group) is 1. The van der Waals surface area contributed by atoms with Gasteiger partial charge < -0.3 is 14.4 Å². The molecule has 1 fully saturated rings. The molecule has 0 spiro atoms. The highest BCUT2D eigenvalue weighted by Crippen LogP contribution is 2.13. The lowest BCUT2D eigenvalue weighted by Gasteiger charge is -2.31. The summed E-state index contributed by atoms with van der Waals surface area (Å²) >= 11 is 0. The molecule has 0 bridgehead atoms. The third-order valence-corrected chi connectivity index (χ3v) is 5.69. The lowest BCUT2D eigenvalue weighted by molar-refractivity contribution is -0.318. The van der Waals surface area contributed by atoms with E-state index in [0.29, 0.717) is 31.4 Å². The number of carbonyl (C=O) groups is 2. The Morgan fingerprint density at radius 3 is 1.70 bits per heavy atom. The molecule has 12 heteroatoms. The van der Waals surface area contributed by atoms with E-state index in [4.69, 9.17) is 19.1 Å². The number of rotatable bonds is 7. The van der Waals surface area contributed by atoms with Gasteiger partial charge >= 0.3 is 12.3 Å². The monoisotopic (exact) mass is 453 g/mol. The summed E-state index contributed by atoms with van der Waals surface area (Å²) in [7, 11) is -1.55. The van der Waals surface area contributed by atoms with Crippen molar-refractivity contribution in [3.63, 3.8) is 0 Å². The number of nitrogens with zero attached hydrogens (tertiary/aromatic N) is 3. The standard InChI is InChI=1S/C18H35N3O8S/c1-17(2,3)26-15(22)28-21(29-16(23)27-18(4,5)6)9-8-14-30(24,25)20-12-10-19(7)11-13-20/h8-14H2,1-7H3. The van der Waals surface area contributed by atoms with Crippen LogP contribution in [0.1, 0.15) is 48.0 Å². The highest BCUT2D eigenvalue weighted by atomic mass is 32.2. The van der Waals surface area contributed by atoms with Crippen LogP contribution >= 0.6 is 0 Å². The third kappa shape index (κ3) is 11.0. The summed E-state index contributed by atoms with van der Waals surface area (Å²) in [6.07, 6.45) is -2.12. The summed E-state index contributed by atoms with van der Waals surface area (Å²) in [5.41, 5.74) is -1.64. The van der Waals surface area contributed by atoms with Crippen LogP contribution in [-0.2, 0) is 29.2 Å². The number of piperazine rings is 1. The molecule has 1 heterocycles. The van der Waals surface area contributed by atoms with Crippen LogP contribution < -0.4 is 0 Å². The molecule has 0 aromatic heterocycles. The molecule has 1 aliphatic heterocycles. The van der Waals surface area contributed by atoms with Crippen LogP contribution in [0.25, 0.3) is 0 Å². The first-order chi connectivity index (χ1) is 13.6. The molecule has 1 rings (SSSR count). The average Bonchev–Trinajstić information content (AvgIpc) is 2.51. The molecule has 0 unspecified atom stereocenters. The van der Waals surface area contributed by atoms with Crippen molar-refractivity contribution in [2.75, 3.05) is 45.5 Å². The molecular weight excluding hydrogens is 418 g/mol. The van der Waals surface area contributed by atoms with E-state index in [1.54, 1.807) is 41.5 Å². The Labute approximate surface area is 179 Å². The second-order valence-corrected chi connectivity index (χ2v) is 11.1. The van der Waals surface area contributed by atoms with Gasteiger partial charge in [-0.3, -0.25) is 9.68 Å². The van der Waals surface area contributed by atoms with Crippen molar-refractivity contribution in [3.05, 3.63) is 0 Å². The maximum absolute atomic E-state index is 12.5. The van der Waals surface area contributed by atoms with E-state index in [1.807, 2.05) is 7.05 Å². The molecule has 0 aromatic rings. The Hall–Kier alpha value is -1.63. The van der Waals surface area contributed by atoms with Gasteiger partial charge in [-0.15, -0.1) is 0 Å². The van der Waals surface area contributed by atoms with Gasteiger partial charge in [0.15, 0.2) is 0 Å². The maximum atomic E-state index is 12.5. The largest absolute Gasteiger partial charge is 0.531 e. The normalized spacial score (nSPS) is 16.9. The Kier molecular flexibility index (Phi) is 9.33. The molecule has 30 heavy (non-hydrogen) atoms. The van der Waals surface area contributed by atoms with Crippen molar-refractivity contribution >= 4 is 22.3 Å². The second-order valence-electron chi connectivity index (χ2n) is 9.04. The van der Waals surface area contributed by atoms with E-state index in [9.17, 15) is 18.0 Å². The molecule has 0 saturated carbocycles. The number of hydrogen-bond acceptors (Lipinski definition) is 10. The minimum absolute atomic E-state index is 0.0558. The van der Waals surface area contributed by atoms with Crippen LogP contribution in [0.15, 0.2) is 0 Å². The fourth-order valence-electron chi connectivity index (χ4n) is 2.38. The first-order valence-corrected chi connectivity index (χ1v) is 11.4. The molecule has 176 valence electrons. The molecule has 1 aliphatic rings. The maximum Gasteiger partial charge on any atom is 0.531 e. The number of ether oxygens (including phenoxy) is 2. The lowest BCUT2D eigenvalue weighted by atomic mass is 10.2. The molecule has 0 N–H and O–H groups in total. The number of sulfonamides is 1. The zero-order valence-corrected chi connectivity index (χ0v) is 19.8. The second kappa shape index (κ2) is 10.6. The minimum atomic E-state index is -3.48. The summed E-state index contributed by atoms with van der Waals surface area (Å²) in [5.74, 6) is -0.192. The van der Waals surface area contributed by atoms with Gasteiger partial charge in [0, 0.05) is 31.4 Å². The molecule has 11 nitrogen and oxygen atoms in total. The van der Waals surface area contributed by atoms with Crippen molar-refractivity contribution in [3.8, 4) is 0 Å². The smallest absolute Gasteiger partial charge is 0.427 e. The van der Waals surface area contributed by atoms with E-state index in [0.717, 1.165) is 0 Å². The number of carbonyl (C=O) groups excluding carboxylic acids is 2. The fourth-order valence-corrected chi connectivity index (χ4v) is 3.86. The highest BCUT2D eigenvalue weighted by Gasteiger charge is 2.28. The number of hydroxylamine groups is 2. The molecule has 0 radical (unpaired) electrons. The van der Waals surface area contributed by atoms with Crippen LogP contribution in [0.3, 0.4) is 0 Å². The van der Waals surface area contributed by atoms with Gasteiger partial charge in [-0.2, -0.15) is 4.31 Å². The molecule has 0 aliphatic carbocycles. The Morgan fingerprint density at radius 2 is 1.30 bits per heavy atom. The van der Waals surface area contributed by atoms with Crippen molar-refractivity contribution in [2.24, 2.45) is 0 Å². The topological polar surface area (TPSA) is 115 Å². The van der Waals surface area contributed by atoms with Gasteiger partial charge in [0.25, 0.3) is 0 Å². The van der Waals surface area contributed by atoms with E-state index in [-0.39, 0.29) is 18.7 Å². The van der Waals surface area contributed by atoms with E-state index < -0.39 is 33.5 Å². The van der Waals surface area contributed by atoms with Crippen LogP contribution in [0.4, 0.5) is 9.59 Å². The summed E-state index contributed by atoms with van der Waals surface area (Å²) in [4.78, 5) is 35.7. The van der Waals surface area contributed by atoms with Crippen LogP contribution in [0, 0.1) is 0 Å². The van der Waals surface area contributed by atoms with E-state index in [1.165, 1.54) is 4.31 Å². The lowest BCUT2D eigenvalue weighted by Crippen LogP contribution is -2.48. The summed E-state index contributed by atoms with van der Waals surface area (Å²) in [6, 6.07) is 0. The van der Waals surface area contributed by atoms with Gasteiger partial charge in [0.2, 0.25) is 10.0 Å². The first kappa shape index (κ1) is 26.4. The SMILES string of the molecule is CN1CCN(S(=O)(=O)CCCN(OC(=O)OC(C)(C)C)OC(=O)OC(C)(C)C)CC1. The van der Waals surface area contributed by atoms with Gasteiger partial charge in [-0.05, 0) is 55.0 Å².